The first-order valence-electron chi connectivity index (χ1n) is 14.1. The monoisotopic (exact) mass is 556 g/mol. The molecule has 1 aromatic heterocycles. The van der Waals surface area contributed by atoms with Gasteiger partial charge in [-0.25, -0.2) is 4.98 Å². The predicted octanol–water partition coefficient (Wildman–Crippen LogP) is 10.6. The van der Waals surface area contributed by atoms with Crippen molar-refractivity contribution in [3.63, 3.8) is 0 Å². The van der Waals surface area contributed by atoms with Crippen LogP contribution in [-0.2, 0) is 0 Å². The molecule has 1 heterocycles. The number of thiazole rings is 1. The van der Waals surface area contributed by atoms with E-state index in [1.165, 1.54) is 22.4 Å². The maximum atomic E-state index is 6.77. The molecule has 4 rings (SSSR count). The molecular formula is C34H44N2OSSi. The number of benzene rings is 3. The molecule has 3 aromatic carbocycles. The molecule has 1 N–H and O–H groups in total. The highest BCUT2D eigenvalue weighted by Crippen LogP contribution is 2.42. The average molecular weight is 557 g/mol. The van der Waals surface area contributed by atoms with Gasteiger partial charge in [0.25, 0.3) is 8.32 Å². The number of hydrogen-bond donors (Lipinski definition) is 1. The normalized spacial score (nSPS) is 13.1. The first kappa shape index (κ1) is 29.1. The van der Waals surface area contributed by atoms with E-state index in [2.05, 4.69) is 145 Å². The predicted molar refractivity (Wildman–Crippen MR) is 172 cm³/mol. The number of rotatable bonds is 9. The second-order valence-corrected chi connectivity index (χ2v) is 18.2. The molecule has 206 valence electrons. The third-order valence-corrected chi connectivity index (χ3v) is 13.1. The summed E-state index contributed by atoms with van der Waals surface area (Å²) in [6.45, 7) is 20.5. The summed E-state index contributed by atoms with van der Waals surface area (Å²) in [7, 11) is -2.00. The highest BCUT2D eigenvalue weighted by molar-refractivity contribution is 7.10. The van der Waals surface area contributed by atoms with E-state index >= 15 is 0 Å². The van der Waals surface area contributed by atoms with Crippen LogP contribution in [0.2, 0.25) is 18.1 Å². The van der Waals surface area contributed by atoms with Crippen molar-refractivity contribution in [3.05, 3.63) is 99.9 Å². The quantitative estimate of drug-likeness (QED) is 0.208. The molecule has 0 bridgehead atoms. The van der Waals surface area contributed by atoms with Crippen LogP contribution in [0.4, 0.5) is 5.69 Å². The van der Waals surface area contributed by atoms with E-state index in [0.29, 0.717) is 11.8 Å². The summed E-state index contributed by atoms with van der Waals surface area (Å²) < 4.78 is 6.77. The van der Waals surface area contributed by atoms with Gasteiger partial charge in [0.15, 0.2) is 0 Å². The minimum absolute atomic E-state index is 0.0594. The topological polar surface area (TPSA) is 34.2 Å². The van der Waals surface area contributed by atoms with E-state index in [9.17, 15) is 0 Å². The summed E-state index contributed by atoms with van der Waals surface area (Å²) in [6, 6.07) is 25.7. The van der Waals surface area contributed by atoms with Crippen LogP contribution in [0.25, 0.3) is 11.3 Å². The van der Waals surface area contributed by atoms with Crippen LogP contribution >= 0.6 is 11.3 Å². The molecule has 0 radical (unpaired) electrons. The van der Waals surface area contributed by atoms with Gasteiger partial charge in [-0.3, -0.25) is 0 Å². The van der Waals surface area contributed by atoms with Crippen LogP contribution in [0.1, 0.15) is 88.0 Å². The second-order valence-electron chi connectivity index (χ2n) is 12.5. The maximum absolute atomic E-state index is 6.77. The van der Waals surface area contributed by atoms with Gasteiger partial charge in [0, 0.05) is 16.6 Å². The van der Waals surface area contributed by atoms with Crippen molar-refractivity contribution < 1.29 is 4.43 Å². The summed E-state index contributed by atoms with van der Waals surface area (Å²) in [6.07, 6.45) is 0. The van der Waals surface area contributed by atoms with Crippen LogP contribution < -0.4 is 9.74 Å². The number of hydrogen-bond acceptors (Lipinski definition) is 4. The SMILES string of the molecule is CC(C)c1cccc(C(C)C)c1NC(c1ccccc1)c1nc(-c2ccccc2O[Si](C)(C)C(C)(C)C)cs1. The van der Waals surface area contributed by atoms with Gasteiger partial charge < -0.3 is 9.74 Å². The van der Waals surface area contributed by atoms with E-state index in [4.69, 9.17) is 9.41 Å². The molecule has 0 fully saturated rings. The van der Waals surface area contributed by atoms with Gasteiger partial charge in [-0.2, -0.15) is 0 Å². The van der Waals surface area contributed by atoms with E-state index < -0.39 is 8.32 Å². The molecule has 5 heteroatoms. The number of para-hydroxylation sites is 2. The number of anilines is 1. The zero-order valence-electron chi connectivity index (χ0n) is 25.0. The molecule has 0 spiro atoms. The lowest BCUT2D eigenvalue weighted by Gasteiger charge is -2.37. The highest BCUT2D eigenvalue weighted by atomic mass is 32.1. The Labute approximate surface area is 240 Å². The molecule has 0 amide bonds. The third kappa shape index (κ3) is 6.47. The van der Waals surface area contributed by atoms with Crippen molar-refractivity contribution >= 4 is 25.3 Å². The van der Waals surface area contributed by atoms with Gasteiger partial charge in [-0.05, 0) is 58.8 Å². The first-order valence-corrected chi connectivity index (χ1v) is 17.9. The van der Waals surface area contributed by atoms with E-state index in [1.54, 1.807) is 11.3 Å². The standard InChI is InChI=1S/C34H44N2OSSi/c1-23(2)26-19-15-20-27(24(3)4)32(26)36-31(25-16-11-10-12-17-25)33-35-29(22-38-33)28-18-13-14-21-30(28)37-39(8,9)34(5,6)7/h10-24,31,36H,1-9H3. The minimum Gasteiger partial charge on any atom is -0.543 e. The Morgan fingerprint density at radius 2 is 1.38 bits per heavy atom. The fourth-order valence-corrected chi connectivity index (χ4v) is 6.46. The Morgan fingerprint density at radius 1 is 0.795 bits per heavy atom. The molecule has 4 aromatic rings. The maximum Gasteiger partial charge on any atom is 0.250 e. The van der Waals surface area contributed by atoms with Crippen molar-refractivity contribution in [2.45, 2.75) is 84.5 Å². The minimum atomic E-state index is -2.00. The molecule has 0 aliphatic rings. The van der Waals surface area contributed by atoms with Crippen LogP contribution in [0.5, 0.6) is 5.75 Å². The smallest absolute Gasteiger partial charge is 0.250 e. The van der Waals surface area contributed by atoms with Crippen molar-refractivity contribution in [1.82, 2.24) is 4.98 Å². The second kappa shape index (κ2) is 11.7. The Hall–Kier alpha value is -2.89. The van der Waals surface area contributed by atoms with Crippen molar-refractivity contribution in [1.29, 1.82) is 0 Å². The first-order chi connectivity index (χ1) is 18.4. The van der Waals surface area contributed by atoms with Gasteiger partial charge in [-0.15, -0.1) is 11.3 Å². The lowest BCUT2D eigenvalue weighted by atomic mass is 9.92. The lowest BCUT2D eigenvalue weighted by molar-refractivity contribution is 0.493. The van der Waals surface area contributed by atoms with Crippen LogP contribution in [0.3, 0.4) is 0 Å². The van der Waals surface area contributed by atoms with Gasteiger partial charge in [0.2, 0.25) is 0 Å². The van der Waals surface area contributed by atoms with Crippen LogP contribution in [-0.4, -0.2) is 13.3 Å². The molecule has 1 unspecified atom stereocenters. The van der Waals surface area contributed by atoms with Gasteiger partial charge in [0.1, 0.15) is 16.8 Å². The lowest BCUT2D eigenvalue weighted by Crippen LogP contribution is -2.44. The van der Waals surface area contributed by atoms with E-state index in [1.807, 2.05) is 0 Å². The van der Waals surface area contributed by atoms with Crippen LogP contribution in [0, 0.1) is 0 Å². The molecule has 0 saturated heterocycles. The summed E-state index contributed by atoms with van der Waals surface area (Å²) in [5.41, 5.74) is 7.14. The molecule has 0 aliphatic carbocycles. The van der Waals surface area contributed by atoms with Gasteiger partial charge in [-0.1, -0.05) is 109 Å². The highest BCUT2D eigenvalue weighted by Gasteiger charge is 2.39. The summed E-state index contributed by atoms with van der Waals surface area (Å²) in [4.78, 5) is 5.25. The molecule has 39 heavy (non-hydrogen) atoms. The number of nitrogens with one attached hydrogen (secondary N) is 1. The number of nitrogens with zero attached hydrogens (tertiary/aromatic N) is 1. The summed E-state index contributed by atoms with van der Waals surface area (Å²) in [5, 5.41) is 7.32. The van der Waals surface area contributed by atoms with Gasteiger partial charge >= 0.3 is 0 Å². The fourth-order valence-electron chi connectivity index (χ4n) is 4.53. The van der Waals surface area contributed by atoms with Gasteiger partial charge in [0.05, 0.1) is 5.69 Å². The summed E-state index contributed by atoms with van der Waals surface area (Å²) in [5.74, 6) is 1.75. The molecule has 1 atom stereocenters. The number of aromatic nitrogens is 1. The van der Waals surface area contributed by atoms with Crippen molar-refractivity contribution in [3.8, 4) is 17.0 Å². The summed E-state index contributed by atoms with van der Waals surface area (Å²) >= 11 is 1.71. The zero-order valence-corrected chi connectivity index (χ0v) is 26.8. The largest absolute Gasteiger partial charge is 0.543 e. The van der Waals surface area contributed by atoms with Crippen molar-refractivity contribution in [2.24, 2.45) is 0 Å². The van der Waals surface area contributed by atoms with E-state index in [0.717, 1.165) is 22.0 Å². The molecule has 0 saturated carbocycles. The molecule has 0 aliphatic heterocycles. The Morgan fingerprint density at radius 3 is 1.97 bits per heavy atom. The Kier molecular flexibility index (Phi) is 8.72. The fraction of sp³-hybridized carbons (Fsp3) is 0.382. The Bertz CT molecular complexity index is 1360. The molecule has 3 nitrogen and oxygen atoms in total. The molecular weight excluding hydrogens is 513 g/mol. The van der Waals surface area contributed by atoms with E-state index in [-0.39, 0.29) is 11.1 Å². The average Bonchev–Trinajstić information content (AvgIpc) is 3.36. The Balaban J connectivity index is 1.78. The van der Waals surface area contributed by atoms with Crippen LogP contribution in [0.15, 0.2) is 78.2 Å². The van der Waals surface area contributed by atoms with Crippen molar-refractivity contribution in [2.75, 3.05) is 5.32 Å². The third-order valence-electron chi connectivity index (χ3n) is 7.90. The zero-order chi connectivity index (χ0) is 28.4.